The number of phenols is 1. The van der Waals surface area contributed by atoms with Crippen LogP contribution in [-0.4, -0.2) is 62.5 Å². The lowest BCUT2D eigenvalue weighted by Gasteiger charge is -2.54. The van der Waals surface area contributed by atoms with Crippen LogP contribution < -0.4 is 0 Å². The third-order valence-corrected chi connectivity index (χ3v) is 7.59. The minimum Gasteiger partial charge on any atom is -0.508 e. The topological polar surface area (TPSA) is 118 Å². The number of hydrogen-bond donors (Lipinski definition) is 4. The van der Waals surface area contributed by atoms with Crippen LogP contribution in [0.3, 0.4) is 0 Å². The smallest absolute Gasteiger partial charge is 0.414 e. The standard InChI is InChI=1S/C24H29NO2.C2H2O4/c26-20-9-4-8-19(15-20)24-11-5-10-22(23(24)27)25(13-12-24)16-18-14-21(18)17-6-2-1-3-7-17;3-1(4)2(5)6/h1-4,6-9,15,18,21-23,26-27H,5,10-14,16H2;(H,3,4)(H,5,6)/t18-,21-,22+,23-,24+;/m0./s1. The fourth-order valence-electron chi connectivity index (χ4n) is 5.83. The van der Waals surface area contributed by atoms with Gasteiger partial charge >= 0.3 is 11.9 Å². The van der Waals surface area contributed by atoms with Crippen LogP contribution in [-0.2, 0) is 15.0 Å². The van der Waals surface area contributed by atoms with Crippen LogP contribution in [0, 0.1) is 5.92 Å². The van der Waals surface area contributed by atoms with Crippen molar-refractivity contribution in [3.05, 3.63) is 65.7 Å². The lowest BCUT2D eigenvalue weighted by atomic mass is 9.61. The number of carboxylic acid groups (broad SMARTS) is 2. The summed E-state index contributed by atoms with van der Waals surface area (Å²) in [5.74, 6) is -1.91. The lowest BCUT2D eigenvalue weighted by Crippen LogP contribution is -2.62. The number of piperidine rings is 1. The summed E-state index contributed by atoms with van der Waals surface area (Å²) in [6.45, 7) is 2.16. The molecule has 2 aromatic rings. The van der Waals surface area contributed by atoms with Crippen molar-refractivity contribution in [2.75, 3.05) is 13.1 Å². The van der Waals surface area contributed by atoms with Gasteiger partial charge in [-0.25, -0.2) is 9.59 Å². The second-order valence-electron chi connectivity index (χ2n) is 9.48. The van der Waals surface area contributed by atoms with E-state index in [0.29, 0.717) is 11.7 Å². The molecule has 5 rings (SSSR count). The maximum atomic E-state index is 11.3. The van der Waals surface area contributed by atoms with Crippen LogP contribution in [0.2, 0.25) is 0 Å². The van der Waals surface area contributed by atoms with Gasteiger partial charge in [0.1, 0.15) is 5.75 Å². The van der Waals surface area contributed by atoms with Crippen molar-refractivity contribution in [3.63, 3.8) is 0 Å². The Balaban J connectivity index is 0.000000385. The van der Waals surface area contributed by atoms with E-state index in [9.17, 15) is 10.2 Å². The molecule has 2 bridgehead atoms. The largest absolute Gasteiger partial charge is 0.508 e. The van der Waals surface area contributed by atoms with E-state index >= 15 is 0 Å². The van der Waals surface area contributed by atoms with Gasteiger partial charge in [-0.15, -0.1) is 0 Å². The zero-order chi connectivity index (χ0) is 23.6. The average molecular weight is 454 g/mol. The van der Waals surface area contributed by atoms with Crippen molar-refractivity contribution in [2.45, 2.75) is 55.6 Å². The molecule has 4 N–H and O–H groups in total. The minimum absolute atomic E-state index is 0.180. The second-order valence-corrected chi connectivity index (χ2v) is 9.48. The molecule has 1 saturated heterocycles. The molecule has 7 nitrogen and oxygen atoms in total. The zero-order valence-electron chi connectivity index (χ0n) is 18.5. The first-order valence-corrected chi connectivity index (χ1v) is 11.5. The molecule has 1 aliphatic heterocycles. The van der Waals surface area contributed by atoms with Crippen LogP contribution in [0.1, 0.15) is 49.1 Å². The summed E-state index contributed by atoms with van der Waals surface area (Å²) in [6.07, 6.45) is 5.19. The summed E-state index contributed by atoms with van der Waals surface area (Å²) in [7, 11) is 0. The fourth-order valence-corrected chi connectivity index (χ4v) is 5.83. The summed E-state index contributed by atoms with van der Waals surface area (Å²) in [4.78, 5) is 20.8. The summed E-state index contributed by atoms with van der Waals surface area (Å²) in [5.41, 5.74) is 2.41. The molecule has 5 atom stereocenters. The Bertz CT molecular complexity index is 983. The molecular formula is C26H31NO6. The highest BCUT2D eigenvalue weighted by atomic mass is 16.4. The van der Waals surface area contributed by atoms with Crippen LogP contribution in [0.15, 0.2) is 54.6 Å². The number of aliphatic carboxylic acids is 2. The average Bonchev–Trinajstić information content (AvgIpc) is 3.56. The van der Waals surface area contributed by atoms with Gasteiger partial charge in [0, 0.05) is 18.0 Å². The van der Waals surface area contributed by atoms with Crippen molar-refractivity contribution in [1.82, 2.24) is 4.90 Å². The highest BCUT2D eigenvalue weighted by Crippen LogP contribution is 2.51. The Morgan fingerprint density at radius 1 is 1.00 bits per heavy atom. The molecule has 0 spiro atoms. The molecular weight excluding hydrogens is 422 g/mol. The van der Waals surface area contributed by atoms with Crippen LogP contribution in [0.25, 0.3) is 0 Å². The molecule has 0 aromatic heterocycles. The van der Waals surface area contributed by atoms with E-state index in [2.05, 4.69) is 41.3 Å². The Morgan fingerprint density at radius 2 is 1.73 bits per heavy atom. The normalized spacial score (nSPS) is 30.6. The van der Waals surface area contributed by atoms with Crippen LogP contribution in [0.5, 0.6) is 5.75 Å². The summed E-state index contributed by atoms with van der Waals surface area (Å²) < 4.78 is 0. The van der Waals surface area contributed by atoms with Gasteiger partial charge in [0.05, 0.1) is 6.10 Å². The van der Waals surface area contributed by atoms with Crippen LogP contribution >= 0.6 is 0 Å². The highest BCUT2D eigenvalue weighted by molar-refractivity contribution is 6.27. The number of aromatic hydroxyl groups is 1. The van der Waals surface area contributed by atoms with E-state index in [1.807, 2.05) is 12.1 Å². The van der Waals surface area contributed by atoms with Gasteiger partial charge < -0.3 is 20.4 Å². The van der Waals surface area contributed by atoms with E-state index in [4.69, 9.17) is 19.8 Å². The first kappa shape index (κ1) is 23.3. The molecule has 3 fully saturated rings. The molecule has 33 heavy (non-hydrogen) atoms. The number of phenolic OH excluding ortho intramolecular Hbond substituents is 1. The van der Waals surface area contributed by atoms with Crippen molar-refractivity contribution in [1.29, 1.82) is 0 Å². The van der Waals surface area contributed by atoms with Crippen molar-refractivity contribution >= 4 is 11.9 Å². The number of benzene rings is 2. The first-order valence-electron chi connectivity index (χ1n) is 11.5. The Kier molecular flexibility index (Phi) is 6.72. The number of hydrogen-bond acceptors (Lipinski definition) is 5. The number of carboxylic acids is 2. The summed E-state index contributed by atoms with van der Waals surface area (Å²) in [6, 6.07) is 18.7. The number of aliphatic hydroxyl groups is 1. The Labute approximate surface area is 193 Å². The van der Waals surface area contributed by atoms with Gasteiger partial charge in [-0.2, -0.15) is 0 Å². The number of fused-ring (bicyclic) bond motifs is 2. The SMILES string of the molecule is O=C(O)C(=O)O.Oc1cccc([C@]23CCC[C@H]([C@@H]2O)N(C[C@@H]2C[C@H]2c2ccccc2)CC3)c1. The van der Waals surface area contributed by atoms with Crippen molar-refractivity contribution in [2.24, 2.45) is 5.92 Å². The number of likely N-dealkylation sites (tertiary alicyclic amines) is 1. The molecule has 7 heteroatoms. The molecule has 2 aliphatic carbocycles. The molecule has 176 valence electrons. The molecule has 2 saturated carbocycles. The highest BCUT2D eigenvalue weighted by Gasteiger charge is 2.52. The van der Waals surface area contributed by atoms with Gasteiger partial charge in [-0.3, -0.25) is 4.90 Å². The minimum atomic E-state index is -1.82. The van der Waals surface area contributed by atoms with Crippen LogP contribution in [0.4, 0.5) is 0 Å². The molecule has 0 amide bonds. The quantitative estimate of drug-likeness (QED) is 0.525. The summed E-state index contributed by atoms with van der Waals surface area (Å²) >= 11 is 0. The van der Waals surface area contributed by atoms with Gasteiger partial charge in [0.2, 0.25) is 0 Å². The van der Waals surface area contributed by atoms with Crippen molar-refractivity contribution < 1.29 is 30.0 Å². The maximum Gasteiger partial charge on any atom is 0.414 e. The molecule has 0 radical (unpaired) electrons. The number of nitrogens with zero attached hydrogens (tertiary/aromatic N) is 1. The van der Waals surface area contributed by atoms with Crippen molar-refractivity contribution in [3.8, 4) is 5.75 Å². The second kappa shape index (κ2) is 9.53. The third-order valence-electron chi connectivity index (χ3n) is 7.59. The third kappa shape index (κ3) is 4.89. The van der Waals surface area contributed by atoms with E-state index < -0.39 is 11.9 Å². The van der Waals surface area contributed by atoms with Gasteiger partial charge in [-0.05, 0) is 67.3 Å². The lowest BCUT2D eigenvalue weighted by molar-refractivity contribution is -0.159. The van der Waals surface area contributed by atoms with Gasteiger partial charge in [0.15, 0.2) is 0 Å². The van der Waals surface area contributed by atoms with Gasteiger partial charge in [-0.1, -0.05) is 48.9 Å². The molecule has 2 aromatic carbocycles. The Hall–Kier alpha value is -2.90. The number of carbonyl (C=O) groups is 2. The van der Waals surface area contributed by atoms with E-state index in [1.54, 1.807) is 6.07 Å². The van der Waals surface area contributed by atoms with E-state index in [0.717, 1.165) is 50.3 Å². The maximum absolute atomic E-state index is 11.3. The fraction of sp³-hybridized carbons (Fsp3) is 0.462. The predicted octanol–water partition coefficient (Wildman–Crippen LogP) is 3.21. The predicted molar refractivity (Wildman–Crippen MR) is 122 cm³/mol. The van der Waals surface area contributed by atoms with Gasteiger partial charge in [0.25, 0.3) is 0 Å². The first-order chi connectivity index (χ1) is 15.8. The molecule has 3 aliphatic rings. The monoisotopic (exact) mass is 453 g/mol. The number of aliphatic hydroxyl groups excluding tert-OH is 1. The summed E-state index contributed by atoms with van der Waals surface area (Å²) in [5, 5.41) is 36.1. The zero-order valence-corrected chi connectivity index (χ0v) is 18.5. The molecule has 1 heterocycles. The Morgan fingerprint density at radius 3 is 2.39 bits per heavy atom. The molecule has 0 unspecified atom stereocenters. The van der Waals surface area contributed by atoms with E-state index in [-0.39, 0.29) is 17.6 Å². The number of rotatable bonds is 4. The van der Waals surface area contributed by atoms with E-state index in [1.165, 1.54) is 12.0 Å².